The zero-order chi connectivity index (χ0) is 34.5. The summed E-state index contributed by atoms with van der Waals surface area (Å²) in [5, 5.41) is 30.9. The molecular formula is C39H74NO6+. The summed E-state index contributed by atoms with van der Waals surface area (Å²) in [6.07, 6.45) is 31.8. The van der Waals surface area contributed by atoms with Crippen LogP contribution in [0, 0.1) is 0 Å². The predicted octanol–water partition coefficient (Wildman–Crippen LogP) is 10.9. The van der Waals surface area contributed by atoms with Gasteiger partial charge in [-0.1, -0.05) is 130 Å². The molecule has 0 rings (SSSR count). The van der Waals surface area contributed by atoms with Gasteiger partial charge in [0.05, 0.1) is 6.54 Å². The van der Waals surface area contributed by atoms with Gasteiger partial charge in [0.2, 0.25) is 0 Å². The minimum atomic E-state index is -1.08. The largest absolute Gasteiger partial charge is 0.477 e. The average Bonchev–Trinajstić information content (AvgIpc) is 3.02. The van der Waals surface area contributed by atoms with E-state index >= 15 is 0 Å². The molecule has 0 aliphatic rings. The number of hydrogen-bond acceptors (Lipinski definition) is 3. The maximum atomic E-state index is 12.6. The van der Waals surface area contributed by atoms with Gasteiger partial charge in [-0.15, -0.1) is 0 Å². The summed E-state index contributed by atoms with van der Waals surface area (Å²) in [6.45, 7) is 8.18. The molecule has 0 spiro atoms. The van der Waals surface area contributed by atoms with E-state index in [1.165, 1.54) is 103 Å². The number of carboxylic acids is 3. The standard InChI is InChI=1S/C39H73NO6/c1-5-9-10-11-12-13-14-15-16-17-18-19-20-21-22-23-24-25-26-27-28-29-33-40(34(30-6-2)37(41)42,35(31-7-3)38(43)44)36(32-8-4)39(45)46/h12-13,34-36H,5-11,14-33H2,1-4H3,(H2-,41,42,43,44,45,46)/p+1/b13-12+. The number of rotatable bonds is 34. The zero-order valence-electron chi connectivity index (χ0n) is 30.5. The minimum absolute atomic E-state index is 0.271. The molecule has 0 aliphatic heterocycles. The van der Waals surface area contributed by atoms with Gasteiger partial charge in [-0.25, -0.2) is 14.4 Å². The lowest BCUT2D eigenvalue weighted by Gasteiger charge is -2.50. The van der Waals surface area contributed by atoms with Crippen LogP contribution >= 0.6 is 0 Å². The summed E-state index contributed by atoms with van der Waals surface area (Å²) in [5.41, 5.74) is 0. The third-order valence-corrected chi connectivity index (χ3v) is 9.84. The first kappa shape index (κ1) is 44.1. The van der Waals surface area contributed by atoms with E-state index in [4.69, 9.17) is 0 Å². The SMILES string of the molecule is CCCCC/C=C/CCCCCCCCCCCCCCCCC[N+](C(CCC)C(=O)O)(C(CCC)C(=O)O)C(CCC)C(=O)O. The molecule has 0 radical (unpaired) electrons. The molecule has 7 nitrogen and oxygen atoms in total. The number of carboxylic acid groups (broad SMARTS) is 3. The van der Waals surface area contributed by atoms with Crippen molar-refractivity contribution in [1.82, 2.24) is 0 Å². The molecule has 3 N–H and O–H groups in total. The van der Waals surface area contributed by atoms with Gasteiger partial charge < -0.3 is 15.3 Å². The van der Waals surface area contributed by atoms with Crippen molar-refractivity contribution in [3.8, 4) is 0 Å². The van der Waals surface area contributed by atoms with Crippen molar-refractivity contribution in [2.45, 2.75) is 213 Å². The van der Waals surface area contributed by atoms with E-state index in [1.54, 1.807) is 0 Å². The van der Waals surface area contributed by atoms with Crippen molar-refractivity contribution in [2.75, 3.05) is 6.54 Å². The minimum Gasteiger partial charge on any atom is -0.477 e. The first-order chi connectivity index (χ1) is 22.2. The topological polar surface area (TPSA) is 112 Å². The van der Waals surface area contributed by atoms with E-state index < -0.39 is 36.0 Å². The second-order valence-corrected chi connectivity index (χ2v) is 13.7. The Morgan fingerprint density at radius 3 is 1.00 bits per heavy atom. The smallest absolute Gasteiger partial charge is 0.362 e. The van der Waals surface area contributed by atoms with Crippen LogP contribution in [0.1, 0.15) is 195 Å². The van der Waals surface area contributed by atoms with Crippen LogP contribution in [-0.4, -0.2) is 62.4 Å². The Bertz CT molecular complexity index is 738. The second kappa shape index (κ2) is 29.3. The first-order valence-corrected chi connectivity index (χ1v) is 19.4. The molecule has 0 heterocycles. The lowest BCUT2D eigenvalue weighted by atomic mass is 9.91. The number of unbranched alkanes of at least 4 members (excludes halogenated alkanes) is 18. The Morgan fingerprint density at radius 2 is 0.717 bits per heavy atom. The fraction of sp³-hybridized carbons (Fsp3) is 0.872. The number of aliphatic carboxylic acids is 3. The zero-order valence-corrected chi connectivity index (χ0v) is 30.5. The monoisotopic (exact) mass is 653 g/mol. The molecule has 270 valence electrons. The Kier molecular flexibility index (Phi) is 28.1. The molecule has 46 heavy (non-hydrogen) atoms. The Hall–Kier alpha value is -1.89. The van der Waals surface area contributed by atoms with Crippen LogP contribution in [0.15, 0.2) is 12.2 Å². The summed E-state index contributed by atoms with van der Waals surface area (Å²) in [5.74, 6) is -3.24. The number of carbonyl (C=O) groups is 3. The average molecular weight is 653 g/mol. The molecule has 0 aliphatic carbocycles. The Labute approximate surface area is 283 Å². The van der Waals surface area contributed by atoms with Gasteiger partial charge in [0.1, 0.15) is 0 Å². The van der Waals surface area contributed by atoms with E-state index in [9.17, 15) is 29.7 Å². The molecule has 0 aromatic heterocycles. The van der Waals surface area contributed by atoms with Crippen LogP contribution in [0.3, 0.4) is 0 Å². The number of hydrogen-bond donors (Lipinski definition) is 3. The highest BCUT2D eigenvalue weighted by Gasteiger charge is 2.56. The highest BCUT2D eigenvalue weighted by atomic mass is 16.4. The predicted molar refractivity (Wildman–Crippen MR) is 191 cm³/mol. The van der Waals surface area contributed by atoms with Gasteiger partial charge >= 0.3 is 17.9 Å². The summed E-state index contributed by atoms with van der Waals surface area (Å²) in [6, 6.07) is -3.13. The van der Waals surface area contributed by atoms with Crippen LogP contribution in [0.25, 0.3) is 0 Å². The lowest BCUT2D eigenvalue weighted by Crippen LogP contribution is -2.72. The maximum Gasteiger partial charge on any atom is 0.362 e. The number of allylic oxidation sites excluding steroid dienone is 2. The highest BCUT2D eigenvalue weighted by Crippen LogP contribution is 2.34. The van der Waals surface area contributed by atoms with Crippen molar-refractivity contribution in [1.29, 1.82) is 0 Å². The molecule has 0 aromatic carbocycles. The Morgan fingerprint density at radius 1 is 0.435 bits per heavy atom. The fourth-order valence-electron chi connectivity index (χ4n) is 7.34. The number of nitrogens with zero attached hydrogens (tertiary/aromatic N) is 1. The normalized spacial score (nSPS) is 15.0. The van der Waals surface area contributed by atoms with Gasteiger partial charge in [0, 0.05) is 19.3 Å². The molecule has 0 amide bonds. The number of quaternary nitrogens is 1. The third kappa shape index (κ3) is 18.4. The quantitative estimate of drug-likeness (QED) is 0.0362. The van der Waals surface area contributed by atoms with Crippen LogP contribution in [-0.2, 0) is 14.4 Å². The molecule has 0 aromatic rings. The molecule has 3 atom stereocenters. The van der Waals surface area contributed by atoms with Crippen LogP contribution in [0.5, 0.6) is 0 Å². The second-order valence-electron chi connectivity index (χ2n) is 13.7. The fourth-order valence-corrected chi connectivity index (χ4v) is 7.34. The summed E-state index contributed by atoms with van der Waals surface area (Å²) >= 11 is 0. The van der Waals surface area contributed by atoms with Gasteiger partial charge in [-0.05, 0) is 57.8 Å². The van der Waals surface area contributed by atoms with Gasteiger partial charge in [-0.2, -0.15) is 0 Å². The highest BCUT2D eigenvalue weighted by molar-refractivity contribution is 5.78. The van der Waals surface area contributed by atoms with Gasteiger partial charge in [-0.3, -0.25) is 4.48 Å². The van der Waals surface area contributed by atoms with E-state index in [-0.39, 0.29) is 30.3 Å². The van der Waals surface area contributed by atoms with Crippen molar-refractivity contribution in [2.24, 2.45) is 0 Å². The third-order valence-electron chi connectivity index (χ3n) is 9.84. The van der Waals surface area contributed by atoms with Crippen molar-refractivity contribution >= 4 is 17.9 Å². The maximum absolute atomic E-state index is 12.6. The molecule has 0 saturated carbocycles. The molecule has 0 saturated heterocycles. The van der Waals surface area contributed by atoms with E-state index in [1.807, 2.05) is 20.8 Å². The van der Waals surface area contributed by atoms with Crippen molar-refractivity contribution in [3.63, 3.8) is 0 Å². The van der Waals surface area contributed by atoms with Crippen molar-refractivity contribution in [3.05, 3.63) is 12.2 Å². The van der Waals surface area contributed by atoms with Crippen LogP contribution in [0.2, 0.25) is 0 Å². The van der Waals surface area contributed by atoms with Crippen LogP contribution in [0.4, 0.5) is 0 Å². The van der Waals surface area contributed by atoms with Gasteiger partial charge in [0.15, 0.2) is 18.1 Å². The molecule has 3 unspecified atom stereocenters. The van der Waals surface area contributed by atoms with Crippen LogP contribution < -0.4 is 0 Å². The molecular weight excluding hydrogens is 578 g/mol. The molecule has 0 bridgehead atoms. The van der Waals surface area contributed by atoms with Crippen molar-refractivity contribution < 1.29 is 34.2 Å². The van der Waals surface area contributed by atoms with E-state index in [0.29, 0.717) is 25.7 Å². The summed E-state index contributed by atoms with van der Waals surface area (Å²) in [4.78, 5) is 37.9. The lowest BCUT2D eigenvalue weighted by molar-refractivity contribution is -0.973. The van der Waals surface area contributed by atoms with E-state index in [2.05, 4.69) is 19.1 Å². The van der Waals surface area contributed by atoms with E-state index in [0.717, 1.165) is 19.3 Å². The van der Waals surface area contributed by atoms with Gasteiger partial charge in [0.25, 0.3) is 0 Å². The molecule has 7 heteroatoms. The summed E-state index contributed by atoms with van der Waals surface area (Å²) < 4.78 is -0.369. The first-order valence-electron chi connectivity index (χ1n) is 19.4. The Balaban J connectivity index is 4.57. The summed E-state index contributed by atoms with van der Waals surface area (Å²) in [7, 11) is 0. The molecule has 0 fully saturated rings.